The zero-order chi connectivity index (χ0) is 10.7. The molecule has 1 saturated heterocycles. The second-order valence-electron chi connectivity index (χ2n) is 3.43. The molecule has 0 bridgehead atoms. The maximum absolute atomic E-state index is 11.4. The molecule has 0 saturated carbocycles. The highest BCUT2D eigenvalue weighted by Crippen LogP contribution is 2.14. The first-order valence-electron chi connectivity index (χ1n) is 4.78. The molecule has 2 heterocycles. The minimum atomic E-state index is -0.142. The van der Waals surface area contributed by atoms with Crippen LogP contribution in [0.3, 0.4) is 0 Å². The van der Waals surface area contributed by atoms with E-state index in [-0.39, 0.29) is 31.0 Å². The molecule has 7 heteroatoms. The summed E-state index contributed by atoms with van der Waals surface area (Å²) in [5.74, 6) is -0.142. The van der Waals surface area contributed by atoms with Gasteiger partial charge in [-0.15, -0.1) is 23.7 Å². The van der Waals surface area contributed by atoms with Crippen molar-refractivity contribution < 1.29 is 9.53 Å². The monoisotopic (exact) mass is 263 g/mol. The van der Waals surface area contributed by atoms with Crippen LogP contribution in [0.1, 0.15) is 5.69 Å². The normalized spacial score (nSPS) is 15.1. The molecule has 1 amide bonds. The van der Waals surface area contributed by atoms with Gasteiger partial charge in [0.25, 0.3) is 5.91 Å². The Bertz CT molecular complexity index is 354. The minimum absolute atomic E-state index is 0. The largest absolute Gasteiger partial charge is 0.366 e. The van der Waals surface area contributed by atoms with Crippen LogP contribution in [0, 0.1) is 6.92 Å². The molecule has 0 unspecified atom stereocenters. The maximum Gasteiger partial charge on any atom is 0.252 e. The third kappa shape index (κ3) is 3.71. The summed E-state index contributed by atoms with van der Waals surface area (Å²) < 4.78 is 5.32. The van der Waals surface area contributed by atoms with Crippen LogP contribution >= 0.6 is 23.7 Å². The molecule has 1 aromatic rings. The lowest BCUT2D eigenvalue weighted by molar-refractivity contribution is -0.123. The first-order chi connectivity index (χ1) is 7.24. The van der Waals surface area contributed by atoms with E-state index in [0.717, 1.165) is 18.8 Å². The van der Waals surface area contributed by atoms with Crippen LogP contribution in [-0.2, 0) is 9.53 Å². The average molecular weight is 264 g/mol. The van der Waals surface area contributed by atoms with Crippen molar-refractivity contribution in [1.29, 1.82) is 0 Å². The molecule has 0 radical (unpaired) electrons. The van der Waals surface area contributed by atoms with Crippen molar-refractivity contribution in [2.75, 3.05) is 25.0 Å². The van der Waals surface area contributed by atoms with Crippen LogP contribution in [0.25, 0.3) is 0 Å². The zero-order valence-corrected chi connectivity index (χ0v) is 10.5. The van der Waals surface area contributed by atoms with Crippen molar-refractivity contribution in [2.45, 2.75) is 13.0 Å². The van der Waals surface area contributed by atoms with Gasteiger partial charge in [-0.3, -0.25) is 10.1 Å². The van der Waals surface area contributed by atoms with Crippen LogP contribution in [-0.4, -0.2) is 36.7 Å². The number of nitrogens with zero attached hydrogens (tertiary/aromatic N) is 1. The van der Waals surface area contributed by atoms with E-state index >= 15 is 0 Å². The van der Waals surface area contributed by atoms with Gasteiger partial charge in [-0.25, -0.2) is 4.98 Å². The number of carbonyl (C=O) groups excluding carboxylic acids is 1. The van der Waals surface area contributed by atoms with Crippen LogP contribution in [0.4, 0.5) is 5.13 Å². The van der Waals surface area contributed by atoms with Gasteiger partial charge in [0.05, 0.1) is 11.8 Å². The molecule has 2 rings (SSSR count). The van der Waals surface area contributed by atoms with E-state index in [1.54, 1.807) is 0 Å². The quantitative estimate of drug-likeness (QED) is 0.844. The number of thiazole rings is 1. The summed E-state index contributed by atoms with van der Waals surface area (Å²) in [7, 11) is 0. The summed E-state index contributed by atoms with van der Waals surface area (Å²) in [6.07, 6.45) is 0.189. The molecule has 5 nitrogen and oxygen atoms in total. The third-order valence-corrected chi connectivity index (χ3v) is 2.94. The van der Waals surface area contributed by atoms with E-state index in [1.807, 2.05) is 12.3 Å². The number of hydrogen-bond donors (Lipinski definition) is 2. The van der Waals surface area contributed by atoms with Crippen molar-refractivity contribution in [2.24, 2.45) is 0 Å². The summed E-state index contributed by atoms with van der Waals surface area (Å²) in [6, 6.07) is 0. The van der Waals surface area contributed by atoms with Gasteiger partial charge in [0, 0.05) is 18.5 Å². The van der Waals surface area contributed by atoms with Gasteiger partial charge in [0.1, 0.15) is 6.61 Å². The van der Waals surface area contributed by atoms with Gasteiger partial charge >= 0.3 is 0 Å². The molecular formula is C9H14ClN3O2S. The molecule has 0 spiro atoms. The van der Waals surface area contributed by atoms with E-state index < -0.39 is 0 Å². The smallest absolute Gasteiger partial charge is 0.252 e. The highest BCUT2D eigenvalue weighted by Gasteiger charge is 2.18. The Balaban J connectivity index is 0.00000128. The molecule has 0 aliphatic carbocycles. The van der Waals surface area contributed by atoms with E-state index in [1.165, 1.54) is 11.3 Å². The first kappa shape index (κ1) is 13.4. The number of anilines is 1. The van der Waals surface area contributed by atoms with Gasteiger partial charge in [-0.1, -0.05) is 0 Å². The summed E-state index contributed by atoms with van der Waals surface area (Å²) >= 11 is 1.42. The molecule has 0 atom stereocenters. The Morgan fingerprint density at radius 3 is 3.00 bits per heavy atom. The number of nitrogens with one attached hydrogen (secondary N) is 2. The van der Waals surface area contributed by atoms with Crippen molar-refractivity contribution >= 4 is 34.8 Å². The summed E-state index contributed by atoms with van der Waals surface area (Å²) in [5.41, 5.74) is 0.916. The van der Waals surface area contributed by atoms with Crippen molar-refractivity contribution in [3.63, 3.8) is 0 Å². The number of rotatable bonds is 4. The predicted molar refractivity (Wildman–Crippen MR) is 65.3 cm³/mol. The molecule has 0 aromatic carbocycles. The first-order valence-corrected chi connectivity index (χ1v) is 5.66. The molecule has 90 valence electrons. The van der Waals surface area contributed by atoms with Gasteiger partial charge in [-0.05, 0) is 6.92 Å². The average Bonchev–Trinajstić information content (AvgIpc) is 2.48. The molecule has 16 heavy (non-hydrogen) atoms. The highest BCUT2D eigenvalue weighted by molar-refractivity contribution is 7.13. The molecule has 1 aromatic heterocycles. The zero-order valence-electron chi connectivity index (χ0n) is 8.86. The molecule has 1 aliphatic heterocycles. The fourth-order valence-corrected chi connectivity index (χ4v) is 1.84. The minimum Gasteiger partial charge on any atom is -0.366 e. The van der Waals surface area contributed by atoms with Crippen LogP contribution in [0.5, 0.6) is 0 Å². The molecule has 1 aliphatic rings. The van der Waals surface area contributed by atoms with Crippen LogP contribution in [0.2, 0.25) is 0 Å². The van der Waals surface area contributed by atoms with Crippen LogP contribution < -0.4 is 10.6 Å². The number of carbonyl (C=O) groups is 1. The Morgan fingerprint density at radius 2 is 2.50 bits per heavy atom. The van der Waals surface area contributed by atoms with Gasteiger partial charge in [0.2, 0.25) is 0 Å². The lowest BCUT2D eigenvalue weighted by Crippen LogP contribution is -2.49. The third-order valence-electron chi connectivity index (χ3n) is 2.06. The standard InChI is InChI=1S/C9H13N3O2S.ClH/c1-6-5-15-9(11-6)12-8(13)4-14-7-2-10-3-7;/h5,7,10H,2-4H2,1H3,(H,11,12,13);1H. The Labute approximate surface area is 104 Å². The van der Waals surface area contributed by atoms with Gasteiger partial charge < -0.3 is 10.1 Å². The number of hydrogen-bond acceptors (Lipinski definition) is 5. The van der Waals surface area contributed by atoms with Gasteiger partial charge in [-0.2, -0.15) is 0 Å². The Morgan fingerprint density at radius 1 is 1.75 bits per heavy atom. The van der Waals surface area contributed by atoms with Crippen LogP contribution in [0.15, 0.2) is 5.38 Å². The van der Waals surface area contributed by atoms with Crippen molar-refractivity contribution in [3.05, 3.63) is 11.1 Å². The van der Waals surface area contributed by atoms with E-state index in [4.69, 9.17) is 4.74 Å². The topological polar surface area (TPSA) is 63.2 Å². The van der Waals surface area contributed by atoms with E-state index in [0.29, 0.717) is 5.13 Å². The van der Waals surface area contributed by atoms with Gasteiger partial charge in [0.15, 0.2) is 5.13 Å². The summed E-state index contributed by atoms with van der Waals surface area (Å²) in [4.78, 5) is 15.5. The predicted octanol–water partition coefficient (Wildman–Crippen LogP) is 0.800. The Kier molecular flexibility index (Phi) is 5.14. The molecule has 2 N–H and O–H groups in total. The fourth-order valence-electron chi connectivity index (χ4n) is 1.14. The second-order valence-corrected chi connectivity index (χ2v) is 4.29. The lowest BCUT2D eigenvalue weighted by atomic mass is 10.2. The van der Waals surface area contributed by atoms with Crippen molar-refractivity contribution in [1.82, 2.24) is 10.3 Å². The summed E-state index contributed by atoms with van der Waals surface area (Å²) in [6.45, 7) is 3.67. The van der Waals surface area contributed by atoms with E-state index in [2.05, 4.69) is 15.6 Å². The number of halogens is 1. The SMILES string of the molecule is Cc1csc(NC(=O)COC2CNC2)n1.Cl. The van der Waals surface area contributed by atoms with E-state index in [9.17, 15) is 4.79 Å². The number of amides is 1. The highest BCUT2D eigenvalue weighted by atomic mass is 35.5. The van der Waals surface area contributed by atoms with Crippen molar-refractivity contribution in [3.8, 4) is 0 Å². The number of ether oxygens (including phenoxy) is 1. The number of aryl methyl sites for hydroxylation is 1. The summed E-state index contributed by atoms with van der Waals surface area (Å²) in [5, 5.41) is 8.29. The Hall–Kier alpha value is -0.690. The maximum atomic E-state index is 11.4. The second kappa shape index (κ2) is 6.15. The number of aromatic nitrogens is 1. The molecule has 1 fully saturated rings. The fraction of sp³-hybridized carbons (Fsp3) is 0.556. The lowest BCUT2D eigenvalue weighted by Gasteiger charge is -2.26. The molecular weight excluding hydrogens is 250 g/mol.